The highest BCUT2D eigenvalue weighted by atomic mass is 19.1. The maximum Gasteiger partial charge on any atom is 0.238 e. The number of ether oxygens (including phenoxy) is 1. The summed E-state index contributed by atoms with van der Waals surface area (Å²) < 4.78 is 18.6. The van der Waals surface area contributed by atoms with Crippen molar-refractivity contribution in [3.8, 4) is 11.6 Å². The Morgan fingerprint density at radius 1 is 1.27 bits per heavy atom. The van der Waals surface area contributed by atoms with E-state index in [1.165, 1.54) is 18.3 Å². The molecule has 3 rings (SSSR count). The molecule has 0 saturated carbocycles. The van der Waals surface area contributed by atoms with Gasteiger partial charge >= 0.3 is 0 Å². The third-order valence-electron chi connectivity index (χ3n) is 4.69. The fourth-order valence-corrected chi connectivity index (χ4v) is 3.25. The van der Waals surface area contributed by atoms with E-state index >= 15 is 0 Å². The van der Waals surface area contributed by atoms with Crippen LogP contribution in [0.25, 0.3) is 0 Å². The van der Waals surface area contributed by atoms with Crippen LogP contribution in [0, 0.1) is 11.7 Å². The Kier molecular flexibility index (Phi) is 6.15. The zero-order chi connectivity index (χ0) is 18.4. The van der Waals surface area contributed by atoms with Crippen LogP contribution < -0.4 is 4.74 Å². The van der Waals surface area contributed by atoms with Gasteiger partial charge in [0.15, 0.2) is 0 Å². The molecule has 1 atom stereocenters. The number of piperidine rings is 1. The summed E-state index contributed by atoms with van der Waals surface area (Å²) in [6.45, 7) is 3.68. The predicted octanol–water partition coefficient (Wildman–Crippen LogP) is 3.99. The van der Waals surface area contributed by atoms with Gasteiger partial charge in [-0.2, -0.15) is 0 Å². The topological polar surface area (TPSA) is 55.3 Å². The first-order chi connectivity index (χ1) is 12.7. The van der Waals surface area contributed by atoms with Gasteiger partial charge < -0.3 is 9.64 Å². The SMILES string of the molecule is CCC1CCCN(CCCc2cncc(Oc3ccc(F)cc3)n2)C1=O. The van der Waals surface area contributed by atoms with Crippen LogP contribution in [0.5, 0.6) is 11.6 Å². The molecule has 26 heavy (non-hydrogen) atoms. The van der Waals surface area contributed by atoms with Gasteiger partial charge in [0.2, 0.25) is 11.8 Å². The standard InChI is InChI=1S/C20H24FN3O2/c1-2-15-5-3-11-24(20(15)25)12-4-6-17-13-22-14-19(23-17)26-18-9-7-16(21)8-10-18/h7-10,13-15H,2-6,11-12H2,1H3. The van der Waals surface area contributed by atoms with E-state index in [2.05, 4.69) is 16.9 Å². The molecule has 0 aliphatic carbocycles. The Morgan fingerprint density at radius 2 is 2.08 bits per heavy atom. The summed E-state index contributed by atoms with van der Waals surface area (Å²) in [5, 5.41) is 0. The van der Waals surface area contributed by atoms with Crippen molar-refractivity contribution in [3.63, 3.8) is 0 Å². The number of rotatable bonds is 7. The summed E-state index contributed by atoms with van der Waals surface area (Å²) in [6.07, 6.45) is 7.84. The molecule has 1 unspecified atom stereocenters. The maximum absolute atomic E-state index is 12.9. The van der Waals surface area contributed by atoms with Gasteiger partial charge in [-0.25, -0.2) is 9.37 Å². The van der Waals surface area contributed by atoms with E-state index in [9.17, 15) is 9.18 Å². The largest absolute Gasteiger partial charge is 0.437 e. The van der Waals surface area contributed by atoms with Crippen LogP contribution in [0.3, 0.4) is 0 Å². The number of aromatic nitrogens is 2. The van der Waals surface area contributed by atoms with E-state index in [1.54, 1.807) is 18.3 Å². The molecule has 1 aromatic heterocycles. The Bertz CT molecular complexity index is 736. The first kappa shape index (κ1) is 18.3. The monoisotopic (exact) mass is 357 g/mol. The molecule has 1 aliphatic heterocycles. The van der Waals surface area contributed by atoms with E-state index < -0.39 is 0 Å². The van der Waals surface area contributed by atoms with Crippen molar-refractivity contribution in [2.24, 2.45) is 5.92 Å². The van der Waals surface area contributed by atoms with Crippen LogP contribution in [-0.2, 0) is 11.2 Å². The summed E-state index contributed by atoms with van der Waals surface area (Å²) in [6, 6.07) is 5.78. The molecule has 0 N–H and O–H groups in total. The Balaban J connectivity index is 1.52. The highest BCUT2D eigenvalue weighted by Crippen LogP contribution is 2.22. The second-order valence-corrected chi connectivity index (χ2v) is 6.58. The normalized spacial score (nSPS) is 17.4. The lowest BCUT2D eigenvalue weighted by molar-refractivity contribution is -0.138. The zero-order valence-corrected chi connectivity index (χ0v) is 15.0. The average molecular weight is 357 g/mol. The van der Waals surface area contributed by atoms with Crippen molar-refractivity contribution in [1.82, 2.24) is 14.9 Å². The number of hydrogen-bond acceptors (Lipinski definition) is 4. The number of hydrogen-bond donors (Lipinski definition) is 0. The first-order valence-corrected chi connectivity index (χ1v) is 9.19. The molecule has 2 aromatic rings. The summed E-state index contributed by atoms with van der Waals surface area (Å²) in [5.74, 6) is 1.07. The van der Waals surface area contributed by atoms with Crippen molar-refractivity contribution >= 4 is 5.91 Å². The third-order valence-corrected chi connectivity index (χ3v) is 4.69. The van der Waals surface area contributed by atoms with E-state index in [0.29, 0.717) is 17.5 Å². The van der Waals surface area contributed by atoms with Crippen molar-refractivity contribution in [2.75, 3.05) is 13.1 Å². The number of carbonyl (C=O) groups excluding carboxylic acids is 1. The van der Waals surface area contributed by atoms with Gasteiger partial charge in [0.1, 0.15) is 11.6 Å². The molecule has 1 aromatic carbocycles. The molecule has 1 fully saturated rings. The van der Waals surface area contributed by atoms with Crippen LogP contribution >= 0.6 is 0 Å². The van der Waals surface area contributed by atoms with Crippen molar-refractivity contribution in [3.05, 3.63) is 48.2 Å². The number of halogens is 1. The first-order valence-electron chi connectivity index (χ1n) is 9.19. The Labute approximate surface area is 153 Å². The molecule has 1 saturated heterocycles. The van der Waals surface area contributed by atoms with E-state index in [4.69, 9.17) is 4.74 Å². The van der Waals surface area contributed by atoms with Crippen LogP contribution in [0.15, 0.2) is 36.7 Å². The molecule has 1 amide bonds. The Morgan fingerprint density at radius 3 is 2.85 bits per heavy atom. The third kappa shape index (κ3) is 4.77. The van der Waals surface area contributed by atoms with Gasteiger partial charge in [-0.1, -0.05) is 6.92 Å². The minimum Gasteiger partial charge on any atom is -0.437 e. The molecular formula is C20H24FN3O2. The van der Waals surface area contributed by atoms with Gasteiger partial charge in [0, 0.05) is 25.2 Å². The lowest BCUT2D eigenvalue weighted by atomic mass is 9.94. The quantitative estimate of drug-likeness (QED) is 0.752. The number of aryl methyl sites for hydroxylation is 1. The molecule has 0 radical (unpaired) electrons. The van der Waals surface area contributed by atoms with Crippen LogP contribution in [0.1, 0.15) is 38.3 Å². The Hall–Kier alpha value is -2.50. The molecular weight excluding hydrogens is 333 g/mol. The molecule has 0 spiro atoms. The molecule has 5 nitrogen and oxygen atoms in total. The van der Waals surface area contributed by atoms with E-state index in [1.807, 2.05) is 4.90 Å². The maximum atomic E-state index is 12.9. The van der Waals surface area contributed by atoms with E-state index in [-0.39, 0.29) is 11.7 Å². The van der Waals surface area contributed by atoms with Crippen molar-refractivity contribution in [1.29, 1.82) is 0 Å². The van der Waals surface area contributed by atoms with Crippen molar-refractivity contribution < 1.29 is 13.9 Å². The predicted molar refractivity (Wildman–Crippen MR) is 96.4 cm³/mol. The van der Waals surface area contributed by atoms with Gasteiger partial charge in [0.25, 0.3) is 0 Å². The minimum absolute atomic E-state index is 0.191. The fraction of sp³-hybridized carbons (Fsp3) is 0.450. The smallest absolute Gasteiger partial charge is 0.238 e. The van der Waals surface area contributed by atoms with Gasteiger partial charge in [-0.05, 0) is 56.4 Å². The number of carbonyl (C=O) groups is 1. The summed E-state index contributed by atoms with van der Waals surface area (Å²) in [4.78, 5) is 22.9. The second kappa shape index (κ2) is 8.74. The fourth-order valence-electron chi connectivity index (χ4n) is 3.25. The van der Waals surface area contributed by atoms with E-state index in [0.717, 1.165) is 50.9 Å². The summed E-state index contributed by atoms with van der Waals surface area (Å²) in [5.41, 5.74) is 0.820. The van der Waals surface area contributed by atoms with Gasteiger partial charge in [0.05, 0.1) is 11.9 Å². The van der Waals surface area contributed by atoms with Crippen LogP contribution in [-0.4, -0.2) is 33.9 Å². The number of benzene rings is 1. The highest BCUT2D eigenvalue weighted by molar-refractivity contribution is 5.79. The minimum atomic E-state index is -0.310. The lowest BCUT2D eigenvalue weighted by Crippen LogP contribution is -2.41. The molecule has 1 aliphatic rings. The molecule has 0 bridgehead atoms. The number of nitrogens with zero attached hydrogens (tertiary/aromatic N) is 3. The second-order valence-electron chi connectivity index (χ2n) is 6.58. The van der Waals surface area contributed by atoms with Crippen LogP contribution in [0.4, 0.5) is 4.39 Å². The lowest BCUT2D eigenvalue weighted by Gasteiger charge is -2.31. The average Bonchev–Trinajstić information content (AvgIpc) is 2.65. The summed E-state index contributed by atoms with van der Waals surface area (Å²) >= 11 is 0. The molecule has 2 heterocycles. The van der Waals surface area contributed by atoms with Crippen molar-refractivity contribution in [2.45, 2.75) is 39.0 Å². The number of likely N-dealkylation sites (tertiary alicyclic amines) is 1. The highest BCUT2D eigenvalue weighted by Gasteiger charge is 2.26. The zero-order valence-electron chi connectivity index (χ0n) is 15.0. The summed E-state index contributed by atoms with van der Waals surface area (Å²) in [7, 11) is 0. The molecule has 6 heteroatoms. The van der Waals surface area contributed by atoms with Gasteiger partial charge in [-0.15, -0.1) is 0 Å². The van der Waals surface area contributed by atoms with Crippen LogP contribution in [0.2, 0.25) is 0 Å². The number of amides is 1. The molecule has 138 valence electrons. The van der Waals surface area contributed by atoms with Gasteiger partial charge in [-0.3, -0.25) is 9.78 Å².